The van der Waals surface area contributed by atoms with E-state index in [1.807, 2.05) is 32.8 Å². The summed E-state index contributed by atoms with van der Waals surface area (Å²) >= 11 is 0. The molecule has 0 aromatic carbocycles. The predicted octanol–water partition coefficient (Wildman–Crippen LogP) is 2.32. The van der Waals surface area contributed by atoms with Gasteiger partial charge in [0.25, 0.3) is 0 Å². The van der Waals surface area contributed by atoms with E-state index in [0.717, 1.165) is 32.5 Å². The molecule has 0 amide bonds. The number of esters is 1. The lowest BCUT2D eigenvalue weighted by Gasteiger charge is -2.47. The Bertz CT molecular complexity index is 880. The van der Waals surface area contributed by atoms with Crippen LogP contribution in [0.25, 0.3) is 0 Å². The number of methoxy groups -OCH3 is 1. The number of hydrogen-bond donors (Lipinski definition) is 2. The second-order valence-electron chi connectivity index (χ2n) is 13.9. The van der Waals surface area contributed by atoms with Gasteiger partial charge < -0.3 is 34.3 Å². The van der Waals surface area contributed by atoms with Crippen molar-refractivity contribution < 1.29 is 33.6 Å². The Balaban J connectivity index is 1.99. The van der Waals surface area contributed by atoms with Gasteiger partial charge in [-0.2, -0.15) is 0 Å². The summed E-state index contributed by atoms with van der Waals surface area (Å²) in [7, 11) is 7.59. The Morgan fingerprint density at radius 3 is 2.41 bits per heavy atom. The van der Waals surface area contributed by atoms with Crippen molar-refractivity contribution in [2.75, 3.05) is 54.5 Å². The Morgan fingerprint density at radius 1 is 1.15 bits per heavy atom. The highest BCUT2D eigenvalue weighted by Crippen LogP contribution is 2.38. The average molecular weight is 584 g/mol. The summed E-state index contributed by atoms with van der Waals surface area (Å²) in [5.41, 5.74) is -2.29. The fourth-order valence-corrected chi connectivity index (χ4v) is 7.27. The number of rotatable bonds is 5. The summed E-state index contributed by atoms with van der Waals surface area (Å²) in [6.07, 6.45) is 0.624. The minimum absolute atomic E-state index is 0.0365. The predicted molar refractivity (Wildman–Crippen MR) is 157 cm³/mol. The number of carbonyl (C=O) groups is 2. The van der Waals surface area contributed by atoms with Crippen molar-refractivity contribution in [2.24, 2.45) is 23.2 Å². The van der Waals surface area contributed by atoms with E-state index in [2.05, 4.69) is 24.2 Å². The molecule has 0 saturated carbocycles. The minimum atomic E-state index is -1.39. The summed E-state index contributed by atoms with van der Waals surface area (Å²) in [6, 6.07) is -0.127. The second-order valence-corrected chi connectivity index (χ2v) is 13.9. The molecule has 41 heavy (non-hydrogen) atoms. The molecule has 238 valence electrons. The number of nitrogens with one attached hydrogen (secondary N) is 1. The van der Waals surface area contributed by atoms with Crippen LogP contribution in [0.5, 0.6) is 0 Å². The summed E-state index contributed by atoms with van der Waals surface area (Å²) in [5.74, 6) is -1.03. The minimum Gasteiger partial charge on any atom is -0.463 e. The molecule has 3 saturated heterocycles. The zero-order valence-electron chi connectivity index (χ0n) is 27.1. The van der Waals surface area contributed by atoms with Crippen LogP contribution in [-0.2, 0) is 28.5 Å². The van der Waals surface area contributed by atoms with Crippen LogP contribution in [0, 0.1) is 23.2 Å². The molecular weight excluding hydrogens is 526 g/mol. The number of aliphatic hydroxyl groups is 1. The standard InChI is InChI=1S/C31H57N3O7/c1-19-15-31(6,38-10)27(41-28-25(35)23(33(7)8)14-20(2)40-28)21(3)26(36)30(4,5)29(37)39-18-24(34(9)17-19)22-12-11-13-32-16-22/h19-25,27-28,32,35H,11-18H2,1-10H3/t19-,20-,21+,22?,23+,24-,25-,27-,28+,31-/m1/s1. The van der Waals surface area contributed by atoms with Crippen LogP contribution >= 0.6 is 0 Å². The first kappa shape index (κ1) is 34.4. The molecule has 0 radical (unpaired) electrons. The highest BCUT2D eigenvalue weighted by molar-refractivity contribution is 6.04. The van der Waals surface area contributed by atoms with Crippen LogP contribution in [0.1, 0.15) is 67.2 Å². The Morgan fingerprint density at radius 2 is 1.83 bits per heavy atom. The molecule has 1 unspecified atom stereocenters. The van der Waals surface area contributed by atoms with Gasteiger partial charge >= 0.3 is 5.97 Å². The van der Waals surface area contributed by atoms with Crippen molar-refractivity contribution in [2.45, 2.75) is 110 Å². The number of piperidine rings is 1. The molecule has 10 atom stereocenters. The van der Waals surface area contributed by atoms with Gasteiger partial charge in [0.2, 0.25) is 0 Å². The monoisotopic (exact) mass is 583 g/mol. The normalized spacial score (nSPS) is 42.2. The van der Waals surface area contributed by atoms with Gasteiger partial charge in [-0.25, -0.2) is 0 Å². The zero-order valence-corrected chi connectivity index (χ0v) is 27.1. The number of hydrogen-bond acceptors (Lipinski definition) is 10. The zero-order chi connectivity index (χ0) is 30.7. The van der Waals surface area contributed by atoms with Crippen molar-refractivity contribution in [3.8, 4) is 0 Å². The molecule has 10 heteroatoms. The maximum Gasteiger partial charge on any atom is 0.319 e. The molecule has 0 spiro atoms. The largest absolute Gasteiger partial charge is 0.463 e. The van der Waals surface area contributed by atoms with Crippen molar-refractivity contribution in [1.29, 1.82) is 0 Å². The van der Waals surface area contributed by atoms with Crippen LogP contribution in [0.2, 0.25) is 0 Å². The first-order valence-electron chi connectivity index (χ1n) is 15.4. The van der Waals surface area contributed by atoms with Gasteiger partial charge in [0.1, 0.15) is 18.1 Å². The summed E-state index contributed by atoms with van der Waals surface area (Å²) in [6.45, 7) is 14.0. The highest BCUT2D eigenvalue weighted by Gasteiger charge is 2.51. The number of cyclic esters (lactones) is 1. The smallest absolute Gasteiger partial charge is 0.319 e. The van der Waals surface area contributed by atoms with Gasteiger partial charge in [-0.3, -0.25) is 14.5 Å². The van der Waals surface area contributed by atoms with Gasteiger partial charge in [0.05, 0.1) is 17.8 Å². The third kappa shape index (κ3) is 7.88. The van der Waals surface area contributed by atoms with Crippen LogP contribution in [0.4, 0.5) is 0 Å². The summed E-state index contributed by atoms with van der Waals surface area (Å²) < 4.78 is 24.9. The average Bonchev–Trinajstić information content (AvgIpc) is 2.92. The Hall–Kier alpha value is -1.14. The topological polar surface area (TPSA) is 110 Å². The van der Waals surface area contributed by atoms with Crippen LogP contribution in [0.15, 0.2) is 0 Å². The number of nitrogens with zero attached hydrogens (tertiary/aromatic N) is 2. The Labute approximate surface area is 247 Å². The van der Waals surface area contributed by atoms with Gasteiger partial charge in [-0.05, 0) is 99.4 Å². The molecule has 3 aliphatic rings. The van der Waals surface area contributed by atoms with Gasteiger partial charge in [-0.1, -0.05) is 13.8 Å². The maximum atomic E-state index is 14.1. The number of ether oxygens (including phenoxy) is 4. The van der Waals surface area contributed by atoms with Crippen molar-refractivity contribution >= 4 is 11.8 Å². The Kier molecular flexibility index (Phi) is 11.8. The number of Topliss-reactive ketones (excluding diaryl/α,β-unsaturated/α-hetero) is 1. The fraction of sp³-hybridized carbons (Fsp3) is 0.935. The number of ketones is 1. The number of likely N-dealkylation sites (N-methyl/N-ethyl adjacent to an activating group) is 2. The second kappa shape index (κ2) is 14.1. The summed E-state index contributed by atoms with van der Waals surface area (Å²) in [5, 5.41) is 14.8. The molecule has 0 aromatic heterocycles. The van der Waals surface area contributed by atoms with E-state index in [9.17, 15) is 14.7 Å². The van der Waals surface area contributed by atoms with Gasteiger partial charge in [-0.15, -0.1) is 0 Å². The molecule has 2 N–H and O–H groups in total. The molecule has 0 aliphatic carbocycles. The lowest BCUT2D eigenvalue weighted by atomic mass is 9.74. The molecule has 10 nitrogen and oxygen atoms in total. The highest BCUT2D eigenvalue weighted by atomic mass is 16.7. The first-order chi connectivity index (χ1) is 19.1. The van der Waals surface area contributed by atoms with E-state index in [0.29, 0.717) is 18.8 Å². The van der Waals surface area contributed by atoms with E-state index in [-0.39, 0.29) is 36.5 Å². The van der Waals surface area contributed by atoms with E-state index in [1.54, 1.807) is 27.9 Å². The van der Waals surface area contributed by atoms with E-state index >= 15 is 0 Å². The van der Waals surface area contributed by atoms with Gasteiger partial charge in [0.15, 0.2) is 12.1 Å². The summed E-state index contributed by atoms with van der Waals surface area (Å²) in [4.78, 5) is 31.9. The van der Waals surface area contributed by atoms with E-state index in [4.69, 9.17) is 18.9 Å². The van der Waals surface area contributed by atoms with Crippen LogP contribution in [0.3, 0.4) is 0 Å². The quantitative estimate of drug-likeness (QED) is 0.370. The van der Waals surface area contributed by atoms with Crippen LogP contribution in [-0.4, -0.2) is 123 Å². The van der Waals surface area contributed by atoms with Crippen LogP contribution < -0.4 is 5.32 Å². The molecule has 0 bridgehead atoms. The SMILES string of the molecule is CO[C@]1(C)C[C@@H](C)CN(C)[C@@H](C2CCCNC2)COC(=O)C(C)(C)C(=O)[C@H](C)[C@H]1O[C@@H]1O[C@H](C)C[C@H](N(C)C)[C@H]1O. The number of aliphatic hydroxyl groups excluding tert-OH is 1. The fourth-order valence-electron chi connectivity index (χ4n) is 7.27. The molecule has 3 aliphatic heterocycles. The van der Waals surface area contributed by atoms with Crippen molar-refractivity contribution in [1.82, 2.24) is 15.1 Å². The third-order valence-corrected chi connectivity index (χ3v) is 9.80. The van der Waals surface area contributed by atoms with E-state index in [1.165, 1.54) is 0 Å². The lowest BCUT2D eigenvalue weighted by Crippen LogP contribution is -2.59. The third-order valence-electron chi connectivity index (χ3n) is 9.80. The number of carbonyl (C=O) groups excluding carboxylic acids is 2. The molecule has 0 aromatic rings. The molecule has 3 heterocycles. The maximum absolute atomic E-state index is 14.1. The van der Waals surface area contributed by atoms with Crippen molar-refractivity contribution in [3.05, 3.63) is 0 Å². The van der Waals surface area contributed by atoms with E-state index < -0.39 is 41.4 Å². The van der Waals surface area contributed by atoms with Crippen molar-refractivity contribution in [3.63, 3.8) is 0 Å². The lowest BCUT2D eigenvalue weighted by molar-refractivity contribution is -0.295. The molecule has 3 fully saturated rings. The molecular formula is C31H57N3O7. The van der Waals surface area contributed by atoms with Gasteiger partial charge in [0, 0.05) is 31.7 Å². The molecule has 3 rings (SSSR count). The first-order valence-corrected chi connectivity index (χ1v) is 15.4.